The standard InChI is InChI=1S/C13H27NO5S/c1-5-7-12(2)19-11-13(15)10-14(3,4)8-6-9-20(16,17)18/h7,13,15H,5-6,8-11H2,1-4H3/p+1. The van der Waals surface area contributed by atoms with Crippen LogP contribution >= 0.6 is 0 Å². The van der Waals surface area contributed by atoms with Crippen molar-refractivity contribution in [2.75, 3.05) is 39.5 Å². The molecule has 0 spiro atoms. The van der Waals surface area contributed by atoms with Crippen molar-refractivity contribution in [1.82, 2.24) is 0 Å². The van der Waals surface area contributed by atoms with E-state index < -0.39 is 16.2 Å². The molecule has 1 atom stereocenters. The molecule has 0 saturated heterocycles. The number of likely N-dealkylation sites (N-methyl/N-ethyl adjacent to an activating group) is 1. The molecule has 0 aliphatic carbocycles. The second-order valence-corrected chi connectivity index (χ2v) is 7.24. The number of aliphatic hydroxyl groups is 1. The van der Waals surface area contributed by atoms with Crippen LogP contribution in [-0.2, 0) is 14.9 Å². The van der Waals surface area contributed by atoms with Crippen molar-refractivity contribution in [2.24, 2.45) is 0 Å². The minimum atomic E-state index is -3.91. The van der Waals surface area contributed by atoms with Gasteiger partial charge < -0.3 is 14.3 Å². The van der Waals surface area contributed by atoms with Crippen LogP contribution in [0.15, 0.2) is 11.8 Å². The number of nitrogens with zero attached hydrogens (tertiary/aromatic N) is 1. The Labute approximate surface area is 122 Å². The lowest BCUT2D eigenvalue weighted by atomic mass is 10.3. The smallest absolute Gasteiger partial charge is 0.265 e. The van der Waals surface area contributed by atoms with Gasteiger partial charge in [-0.15, -0.1) is 0 Å². The van der Waals surface area contributed by atoms with E-state index in [4.69, 9.17) is 9.29 Å². The van der Waals surface area contributed by atoms with Gasteiger partial charge in [0.2, 0.25) is 0 Å². The van der Waals surface area contributed by atoms with Crippen LogP contribution in [-0.4, -0.2) is 68.2 Å². The van der Waals surface area contributed by atoms with Gasteiger partial charge in [0.15, 0.2) is 0 Å². The number of ether oxygens (including phenoxy) is 1. The van der Waals surface area contributed by atoms with E-state index in [-0.39, 0.29) is 12.4 Å². The van der Waals surface area contributed by atoms with Gasteiger partial charge >= 0.3 is 0 Å². The normalized spacial score (nSPS) is 15.2. The Morgan fingerprint density at radius 1 is 1.40 bits per heavy atom. The topological polar surface area (TPSA) is 83.8 Å². The molecule has 0 aromatic heterocycles. The Bertz CT molecular complexity index is 403. The quantitative estimate of drug-likeness (QED) is 0.358. The first-order valence-electron chi connectivity index (χ1n) is 6.80. The van der Waals surface area contributed by atoms with Crippen LogP contribution in [0.3, 0.4) is 0 Å². The largest absolute Gasteiger partial charge is 0.496 e. The van der Waals surface area contributed by atoms with Gasteiger partial charge in [0.25, 0.3) is 10.1 Å². The first kappa shape index (κ1) is 19.4. The summed E-state index contributed by atoms with van der Waals surface area (Å²) < 4.78 is 35.9. The lowest BCUT2D eigenvalue weighted by molar-refractivity contribution is -0.893. The monoisotopic (exact) mass is 310 g/mol. The molecule has 1 unspecified atom stereocenters. The number of hydrogen-bond acceptors (Lipinski definition) is 4. The Morgan fingerprint density at radius 3 is 2.50 bits per heavy atom. The number of rotatable bonds is 10. The molecular weight excluding hydrogens is 282 g/mol. The van der Waals surface area contributed by atoms with Crippen LogP contribution < -0.4 is 0 Å². The zero-order valence-electron chi connectivity index (χ0n) is 12.9. The maximum Gasteiger partial charge on any atom is 0.265 e. The Morgan fingerprint density at radius 2 is 2.00 bits per heavy atom. The summed E-state index contributed by atoms with van der Waals surface area (Å²) in [6, 6.07) is 0. The maximum absolute atomic E-state index is 10.7. The summed E-state index contributed by atoms with van der Waals surface area (Å²) in [6.07, 6.45) is 2.57. The summed E-state index contributed by atoms with van der Waals surface area (Å²) in [6.45, 7) is 5.11. The molecule has 0 aliphatic rings. The summed E-state index contributed by atoms with van der Waals surface area (Å²) in [5.74, 6) is 0.544. The molecule has 0 rings (SSSR count). The van der Waals surface area contributed by atoms with E-state index in [0.717, 1.165) is 12.2 Å². The second kappa shape index (κ2) is 8.61. The highest BCUT2D eigenvalue weighted by Gasteiger charge is 2.21. The fraction of sp³-hybridized carbons (Fsp3) is 0.846. The molecule has 0 heterocycles. The molecule has 20 heavy (non-hydrogen) atoms. The highest BCUT2D eigenvalue weighted by molar-refractivity contribution is 7.85. The SMILES string of the molecule is CCC=C(C)OCC(O)C[N+](C)(C)CCCS(=O)(=O)O. The second-order valence-electron chi connectivity index (χ2n) is 5.67. The van der Waals surface area contributed by atoms with Gasteiger partial charge in [-0.25, -0.2) is 0 Å². The van der Waals surface area contributed by atoms with Crippen LogP contribution in [0.1, 0.15) is 26.7 Å². The van der Waals surface area contributed by atoms with Gasteiger partial charge in [-0.05, 0) is 19.4 Å². The molecule has 0 fully saturated rings. The molecule has 6 nitrogen and oxygen atoms in total. The van der Waals surface area contributed by atoms with Crippen LogP contribution in [0.25, 0.3) is 0 Å². The third kappa shape index (κ3) is 11.2. The number of allylic oxidation sites excluding steroid dienone is 2. The summed E-state index contributed by atoms with van der Waals surface area (Å²) >= 11 is 0. The molecular formula is C13H28NO5S+. The van der Waals surface area contributed by atoms with E-state index in [9.17, 15) is 13.5 Å². The molecule has 120 valence electrons. The number of quaternary nitrogens is 1. The van der Waals surface area contributed by atoms with Gasteiger partial charge in [0, 0.05) is 6.42 Å². The summed E-state index contributed by atoms with van der Waals surface area (Å²) in [4.78, 5) is 0. The summed E-state index contributed by atoms with van der Waals surface area (Å²) in [7, 11) is -0.0980. The van der Waals surface area contributed by atoms with Crippen molar-refractivity contribution >= 4 is 10.1 Å². The molecule has 7 heteroatoms. The Kier molecular flexibility index (Phi) is 8.34. The minimum Gasteiger partial charge on any atom is -0.496 e. The van der Waals surface area contributed by atoms with E-state index >= 15 is 0 Å². The van der Waals surface area contributed by atoms with Crippen molar-refractivity contribution in [1.29, 1.82) is 0 Å². The molecule has 0 saturated carbocycles. The summed E-state index contributed by atoms with van der Waals surface area (Å²) in [5, 5.41) is 9.93. The molecule has 0 radical (unpaired) electrons. The average molecular weight is 310 g/mol. The van der Waals surface area contributed by atoms with Crippen LogP contribution in [0.5, 0.6) is 0 Å². The van der Waals surface area contributed by atoms with Crippen molar-refractivity contribution in [3.8, 4) is 0 Å². The molecule has 0 aliphatic heterocycles. The number of aliphatic hydroxyl groups excluding tert-OH is 1. The predicted molar refractivity (Wildman–Crippen MR) is 78.9 cm³/mol. The highest BCUT2D eigenvalue weighted by atomic mass is 32.2. The van der Waals surface area contributed by atoms with Gasteiger partial charge in [0.1, 0.15) is 19.3 Å². The van der Waals surface area contributed by atoms with Crippen LogP contribution in [0, 0.1) is 0 Å². The van der Waals surface area contributed by atoms with Gasteiger partial charge in [-0.3, -0.25) is 4.55 Å². The van der Waals surface area contributed by atoms with Crippen LogP contribution in [0.2, 0.25) is 0 Å². The maximum atomic E-state index is 10.7. The van der Waals surface area contributed by atoms with Crippen LogP contribution in [0.4, 0.5) is 0 Å². The zero-order chi connectivity index (χ0) is 15.8. The first-order valence-corrected chi connectivity index (χ1v) is 8.41. The number of hydrogen-bond donors (Lipinski definition) is 2. The molecule has 0 aromatic rings. The van der Waals surface area contributed by atoms with E-state index in [2.05, 4.69) is 0 Å². The van der Waals surface area contributed by atoms with E-state index in [1.54, 1.807) is 0 Å². The Hall–Kier alpha value is -0.630. The molecule has 0 amide bonds. The minimum absolute atomic E-state index is 0.225. The molecule has 2 N–H and O–H groups in total. The third-order valence-electron chi connectivity index (χ3n) is 2.87. The van der Waals surface area contributed by atoms with E-state index in [1.807, 2.05) is 34.0 Å². The fourth-order valence-electron chi connectivity index (χ4n) is 1.96. The van der Waals surface area contributed by atoms with Crippen molar-refractivity contribution in [2.45, 2.75) is 32.8 Å². The predicted octanol–water partition coefficient (Wildman–Crippen LogP) is 1.03. The van der Waals surface area contributed by atoms with Gasteiger partial charge in [-0.2, -0.15) is 8.42 Å². The Balaban J connectivity index is 4.08. The lowest BCUT2D eigenvalue weighted by Crippen LogP contribution is -2.47. The van der Waals surface area contributed by atoms with Gasteiger partial charge in [-0.1, -0.05) is 6.92 Å². The fourth-order valence-corrected chi connectivity index (χ4v) is 2.46. The summed E-state index contributed by atoms with van der Waals surface area (Å²) in [5.41, 5.74) is 0. The average Bonchev–Trinajstić information content (AvgIpc) is 2.24. The zero-order valence-corrected chi connectivity index (χ0v) is 13.7. The first-order chi connectivity index (χ1) is 9.06. The van der Waals surface area contributed by atoms with Crippen molar-refractivity contribution in [3.05, 3.63) is 11.8 Å². The third-order valence-corrected chi connectivity index (χ3v) is 3.67. The van der Waals surface area contributed by atoms with E-state index in [1.165, 1.54) is 0 Å². The van der Waals surface area contributed by atoms with Crippen molar-refractivity contribution in [3.63, 3.8) is 0 Å². The van der Waals surface area contributed by atoms with Gasteiger partial charge in [0.05, 0.1) is 32.2 Å². The lowest BCUT2D eigenvalue weighted by Gasteiger charge is -2.31. The molecule has 0 bridgehead atoms. The molecule has 0 aromatic carbocycles. The van der Waals surface area contributed by atoms with E-state index in [0.29, 0.717) is 24.0 Å². The highest BCUT2D eigenvalue weighted by Crippen LogP contribution is 2.06. The van der Waals surface area contributed by atoms with Crippen molar-refractivity contribution < 1.29 is 27.3 Å².